The van der Waals surface area contributed by atoms with Crippen LogP contribution in [0.4, 0.5) is 0 Å². The highest BCUT2D eigenvalue weighted by molar-refractivity contribution is 5.98. The predicted molar refractivity (Wildman–Crippen MR) is 121 cm³/mol. The van der Waals surface area contributed by atoms with Crippen molar-refractivity contribution in [2.45, 2.75) is 12.5 Å². The first kappa shape index (κ1) is 22.9. The number of nitrogens with zero attached hydrogens (tertiary/aromatic N) is 2. The lowest BCUT2D eigenvalue weighted by Gasteiger charge is -2.40. The lowest BCUT2D eigenvalue weighted by molar-refractivity contribution is 0.0865. The summed E-state index contributed by atoms with van der Waals surface area (Å²) in [6.07, 6.45) is 0.869. The molecule has 0 aromatic heterocycles. The molecular formula is C24H33N3O4. The number of carbonyl (C=O) groups is 1. The molecule has 1 heterocycles. The van der Waals surface area contributed by atoms with Crippen LogP contribution in [0.3, 0.4) is 0 Å². The van der Waals surface area contributed by atoms with Gasteiger partial charge in [-0.1, -0.05) is 30.3 Å². The molecule has 1 aliphatic rings. The summed E-state index contributed by atoms with van der Waals surface area (Å²) in [6, 6.07) is 14.4. The van der Waals surface area contributed by atoms with E-state index >= 15 is 0 Å². The van der Waals surface area contributed by atoms with Gasteiger partial charge >= 0.3 is 0 Å². The second kappa shape index (κ2) is 11.0. The van der Waals surface area contributed by atoms with Gasteiger partial charge in [0, 0.05) is 38.8 Å². The highest BCUT2D eigenvalue weighted by Gasteiger charge is 2.26. The van der Waals surface area contributed by atoms with E-state index < -0.39 is 0 Å². The van der Waals surface area contributed by atoms with Crippen molar-refractivity contribution in [1.29, 1.82) is 0 Å². The predicted octanol–water partition coefficient (Wildman–Crippen LogP) is 2.82. The third-order valence-corrected chi connectivity index (χ3v) is 5.74. The number of likely N-dealkylation sites (N-methyl/N-ethyl adjacent to an activating group) is 1. The second-order valence-electron chi connectivity index (χ2n) is 7.72. The first-order valence-corrected chi connectivity index (χ1v) is 10.6. The van der Waals surface area contributed by atoms with Crippen molar-refractivity contribution >= 4 is 5.91 Å². The van der Waals surface area contributed by atoms with E-state index in [2.05, 4.69) is 52.5 Å². The summed E-state index contributed by atoms with van der Waals surface area (Å²) in [6.45, 7) is 4.60. The monoisotopic (exact) mass is 427 g/mol. The van der Waals surface area contributed by atoms with E-state index in [0.29, 0.717) is 35.4 Å². The van der Waals surface area contributed by atoms with Crippen LogP contribution >= 0.6 is 0 Å². The van der Waals surface area contributed by atoms with Gasteiger partial charge in [0.1, 0.15) is 0 Å². The van der Waals surface area contributed by atoms with Crippen LogP contribution in [0.5, 0.6) is 17.2 Å². The van der Waals surface area contributed by atoms with Crippen molar-refractivity contribution in [3.05, 3.63) is 53.6 Å². The molecule has 1 N–H and O–H groups in total. The fourth-order valence-electron chi connectivity index (χ4n) is 4.08. The molecule has 7 nitrogen and oxygen atoms in total. The van der Waals surface area contributed by atoms with Crippen molar-refractivity contribution < 1.29 is 19.0 Å². The Morgan fingerprint density at radius 2 is 1.74 bits per heavy atom. The number of piperazine rings is 1. The fraction of sp³-hybridized carbons (Fsp3) is 0.458. The third kappa shape index (κ3) is 5.48. The molecule has 2 aromatic carbocycles. The van der Waals surface area contributed by atoms with Crippen LogP contribution in [0, 0.1) is 0 Å². The van der Waals surface area contributed by atoms with E-state index in [9.17, 15) is 4.79 Å². The van der Waals surface area contributed by atoms with Gasteiger partial charge in [-0.15, -0.1) is 0 Å². The van der Waals surface area contributed by atoms with Gasteiger partial charge in [-0.25, -0.2) is 0 Å². The molecule has 3 rings (SSSR count). The maximum absolute atomic E-state index is 12.8. The van der Waals surface area contributed by atoms with Crippen molar-refractivity contribution in [2.75, 3.05) is 61.1 Å². The van der Waals surface area contributed by atoms with Gasteiger partial charge in [0.2, 0.25) is 5.75 Å². The molecular weight excluding hydrogens is 394 g/mol. The second-order valence-corrected chi connectivity index (χ2v) is 7.72. The minimum absolute atomic E-state index is 0.184. The molecule has 0 bridgehead atoms. The topological polar surface area (TPSA) is 63.3 Å². The van der Waals surface area contributed by atoms with Gasteiger partial charge in [0.05, 0.1) is 26.9 Å². The van der Waals surface area contributed by atoms with Gasteiger partial charge in [-0.05, 0) is 31.2 Å². The minimum Gasteiger partial charge on any atom is -0.493 e. The fourth-order valence-corrected chi connectivity index (χ4v) is 4.08. The summed E-state index contributed by atoms with van der Waals surface area (Å²) in [5.74, 6) is 1.14. The number of nitrogens with one attached hydrogen (secondary N) is 1. The van der Waals surface area contributed by atoms with Crippen LogP contribution in [0.15, 0.2) is 42.5 Å². The van der Waals surface area contributed by atoms with Crippen LogP contribution in [0.25, 0.3) is 0 Å². The average Bonchev–Trinajstić information content (AvgIpc) is 2.81. The average molecular weight is 428 g/mol. The van der Waals surface area contributed by atoms with E-state index in [-0.39, 0.29) is 5.91 Å². The first-order chi connectivity index (χ1) is 15.1. The summed E-state index contributed by atoms with van der Waals surface area (Å²) >= 11 is 0. The number of ether oxygens (including phenoxy) is 3. The van der Waals surface area contributed by atoms with Crippen molar-refractivity contribution in [3.8, 4) is 17.2 Å². The molecule has 1 saturated heterocycles. The Labute approximate surface area is 184 Å². The number of amides is 1. The van der Waals surface area contributed by atoms with Crippen molar-refractivity contribution in [2.24, 2.45) is 0 Å². The van der Waals surface area contributed by atoms with Gasteiger partial charge in [0.15, 0.2) is 11.5 Å². The van der Waals surface area contributed by atoms with Crippen molar-refractivity contribution in [1.82, 2.24) is 15.1 Å². The normalized spacial score (nSPS) is 17.2. The van der Waals surface area contributed by atoms with E-state index in [0.717, 1.165) is 32.6 Å². The van der Waals surface area contributed by atoms with Gasteiger partial charge in [-0.2, -0.15) is 0 Å². The number of benzene rings is 2. The molecule has 31 heavy (non-hydrogen) atoms. The van der Waals surface area contributed by atoms with Gasteiger partial charge in [-0.3, -0.25) is 9.69 Å². The summed E-state index contributed by atoms with van der Waals surface area (Å²) in [4.78, 5) is 17.7. The largest absolute Gasteiger partial charge is 0.493 e. The Hall–Kier alpha value is -2.77. The van der Waals surface area contributed by atoms with Crippen LogP contribution in [0.2, 0.25) is 0 Å². The number of hydrogen-bond acceptors (Lipinski definition) is 6. The number of methoxy groups -OCH3 is 3. The molecule has 2 aromatic rings. The SMILES string of the molecule is COc1ccc(C(=O)NCCCN2CCN(C)C[C@@H]2c2ccccc2)c(OC)c1OC. The molecule has 0 aliphatic carbocycles. The van der Waals surface area contributed by atoms with E-state index in [1.807, 2.05) is 0 Å². The Morgan fingerprint density at radius 1 is 1.00 bits per heavy atom. The molecule has 1 aliphatic heterocycles. The van der Waals surface area contributed by atoms with Crippen LogP contribution < -0.4 is 19.5 Å². The summed E-state index contributed by atoms with van der Waals surface area (Å²) in [5.41, 5.74) is 1.77. The number of hydrogen-bond donors (Lipinski definition) is 1. The van der Waals surface area contributed by atoms with Crippen LogP contribution in [0.1, 0.15) is 28.4 Å². The summed E-state index contributed by atoms with van der Waals surface area (Å²) < 4.78 is 16.1. The molecule has 168 valence electrons. The molecule has 1 fully saturated rings. The molecule has 0 unspecified atom stereocenters. The van der Waals surface area contributed by atoms with Gasteiger partial charge in [0.25, 0.3) is 5.91 Å². The highest BCUT2D eigenvalue weighted by Crippen LogP contribution is 2.39. The Morgan fingerprint density at radius 3 is 2.42 bits per heavy atom. The lowest BCUT2D eigenvalue weighted by atomic mass is 10.0. The lowest BCUT2D eigenvalue weighted by Crippen LogP contribution is -2.47. The quantitative estimate of drug-likeness (QED) is 0.621. The number of rotatable bonds is 9. The van der Waals surface area contributed by atoms with E-state index in [1.165, 1.54) is 19.8 Å². The molecule has 0 spiro atoms. The molecule has 0 radical (unpaired) electrons. The smallest absolute Gasteiger partial charge is 0.255 e. The zero-order valence-corrected chi connectivity index (χ0v) is 18.9. The third-order valence-electron chi connectivity index (χ3n) is 5.74. The van der Waals surface area contributed by atoms with Crippen LogP contribution in [-0.4, -0.2) is 76.8 Å². The maximum atomic E-state index is 12.8. The van der Waals surface area contributed by atoms with Gasteiger partial charge < -0.3 is 24.4 Å². The Bertz CT molecular complexity index is 859. The molecule has 0 saturated carbocycles. The minimum atomic E-state index is -0.184. The standard InChI is InChI=1S/C24H33N3O4/c1-26-15-16-27(20(17-26)18-9-6-5-7-10-18)14-8-13-25-24(28)19-11-12-21(29-2)23(31-4)22(19)30-3/h5-7,9-12,20H,8,13-17H2,1-4H3,(H,25,28)/t20-/m1/s1. The molecule has 1 atom stereocenters. The molecule has 7 heteroatoms. The summed E-state index contributed by atoms with van der Waals surface area (Å²) in [7, 11) is 6.77. The van der Waals surface area contributed by atoms with E-state index in [1.54, 1.807) is 19.2 Å². The Kier molecular flexibility index (Phi) is 8.14. The maximum Gasteiger partial charge on any atom is 0.255 e. The van der Waals surface area contributed by atoms with Crippen molar-refractivity contribution in [3.63, 3.8) is 0 Å². The summed E-state index contributed by atoms with van der Waals surface area (Å²) in [5, 5.41) is 3.01. The first-order valence-electron chi connectivity index (χ1n) is 10.6. The number of carbonyl (C=O) groups excluding carboxylic acids is 1. The Balaban J connectivity index is 1.58. The zero-order chi connectivity index (χ0) is 22.2. The highest BCUT2D eigenvalue weighted by atomic mass is 16.5. The molecule has 1 amide bonds. The van der Waals surface area contributed by atoms with Crippen LogP contribution in [-0.2, 0) is 0 Å². The van der Waals surface area contributed by atoms with E-state index in [4.69, 9.17) is 14.2 Å². The zero-order valence-electron chi connectivity index (χ0n) is 18.9.